The lowest BCUT2D eigenvalue weighted by molar-refractivity contribution is 0.122. The first-order valence-corrected chi connectivity index (χ1v) is 4.15. The van der Waals surface area contributed by atoms with E-state index in [1.54, 1.807) is 0 Å². The fraction of sp³-hybridized carbons (Fsp3) is 1.00. The Balaban J connectivity index is 2.23. The Morgan fingerprint density at radius 1 is 1.20 bits per heavy atom. The molecule has 0 radical (unpaired) electrons. The molecule has 0 spiro atoms. The summed E-state index contributed by atoms with van der Waals surface area (Å²) in [7, 11) is 2.12. The average molecular weight is 143 g/mol. The van der Waals surface area contributed by atoms with E-state index in [4.69, 9.17) is 0 Å². The first-order valence-electron chi connectivity index (χ1n) is 4.15. The summed E-state index contributed by atoms with van der Waals surface area (Å²) in [5.74, 6) is 0. The Morgan fingerprint density at radius 3 is 2.80 bits per heavy atom. The lowest BCUT2D eigenvalue weighted by Crippen LogP contribution is -2.27. The van der Waals surface area contributed by atoms with Crippen LogP contribution in [-0.2, 0) is 0 Å². The number of likely N-dealkylation sites (tertiary alicyclic amines) is 1. The van der Waals surface area contributed by atoms with Gasteiger partial charge in [0, 0.05) is 6.54 Å². The van der Waals surface area contributed by atoms with Gasteiger partial charge in [-0.25, -0.2) is 0 Å². The van der Waals surface area contributed by atoms with Crippen LogP contribution in [0.25, 0.3) is 0 Å². The van der Waals surface area contributed by atoms with E-state index in [-0.39, 0.29) is 6.10 Å². The van der Waals surface area contributed by atoms with E-state index in [1.165, 1.54) is 19.4 Å². The average Bonchev–Trinajstić information content (AvgIpc) is 1.90. The highest BCUT2D eigenvalue weighted by Crippen LogP contribution is 2.09. The molecule has 1 N–H and O–H groups in total. The fourth-order valence-electron chi connectivity index (χ4n) is 1.39. The maximum Gasteiger partial charge on any atom is 0.0552 e. The summed E-state index contributed by atoms with van der Waals surface area (Å²) in [6.45, 7) is 2.26. The molecule has 1 aliphatic heterocycles. The third-order valence-corrected chi connectivity index (χ3v) is 2.17. The Kier molecular flexibility index (Phi) is 3.16. The molecule has 2 nitrogen and oxygen atoms in total. The number of hydrogen-bond acceptors (Lipinski definition) is 2. The Labute approximate surface area is 62.8 Å². The Bertz CT molecular complexity index is 83.3. The molecule has 60 valence electrons. The van der Waals surface area contributed by atoms with Crippen molar-refractivity contribution < 1.29 is 5.11 Å². The van der Waals surface area contributed by atoms with Gasteiger partial charge in [-0.15, -0.1) is 0 Å². The van der Waals surface area contributed by atoms with E-state index in [9.17, 15) is 5.11 Å². The van der Waals surface area contributed by atoms with Crippen molar-refractivity contribution in [3.05, 3.63) is 0 Å². The quantitative estimate of drug-likeness (QED) is 0.543. The zero-order valence-electron chi connectivity index (χ0n) is 6.71. The summed E-state index contributed by atoms with van der Waals surface area (Å²) in [5, 5.41) is 9.31. The smallest absolute Gasteiger partial charge is 0.0552 e. The second-order valence-corrected chi connectivity index (χ2v) is 3.24. The number of nitrogens with zero attached hydrogens (tertiary/aromatic N) is 1. The summed E-state index contributed by atoms with van der Waals surface area (Å²) in [4.78, 5) is 2.29. The minimum atomic E-state index is -0.0391. The highest BCUT2D eigenvalue weighted by atomic mass is 16.3. The van der Waals surface area contributed by atoms with Crippen molar-refractivity contribution in [2.24, 2.45) is 0 Å². The van der Waals surface area contributed by atoms with Crippen LogP contribution >= 0.6 is 0 Å². The second kappa shape index (κ2) is 3.94. The van der Waals surface area contributed by atoms with Crippen LogP contribution in [0.5, 0.6) is 0 Å². The van der Waals surface area contributed by atoms with Gasteiger partial charge in [0.25, 0.3) is 0 Å². The molecule has 1 aliphatic rings. The van der Waals surface area contributed by atoms with Crippen molar-refractivity contribution in [2.75, 3.05) is 20.1 Å². The second-order valence-electron chi connectivity index (χ2n) is 3.24. The van der Waals surface area contributed by atoms with E-state index in [1.807, 2.05) is 0 Å². The maximum atomic E-state index is 9.31. The number of aliphatic hydroxyl groups excluding tert-OH is 1. The molecule has 1 fully saturated rings. The molecule has 2 heteroatoms. The standard InChI is InChI=1S/C8H17NO/c1-9-6-3-2-4-8(10)5-7-9/h8,10H,2-7H2,1H3. The van der Waals surface area contributed by atoms with Gasteiger partial charge in [-0.05, 0) is 39.3 Å². The zero-order chi connectivity index (χ0) is 7.40. The summed E-state index contributed by atoms with van der Waals surface area (Å²) in [6, 6.07) is 0. The van der Waals surface area contributed by atoms with Gasteiger partial charge in [0.1, 0.15) is 0 Å². The molecule has 0 saturated carbocycles. The van der Waals surface area contributed by atoms with Gasteiger partial charge in [-0.2, -0.15) is 0 Å². The van der Waals surface area contributed by atoms with Crippen molar-refractivity contribution in [1.29, 1.82) is 0 Å². The number of aliphatic hydroxyl groups is 1. The van der Waals surface area contributed by atoms with Crippen molar-refractivity contribution in [2.45, 2.75) is 31.8 Å². The summed E-state index contributed by atoms with van der Waals surface area (Å²) < 4.78 is 0. The number of hydrogen-bond donors (Lipinski definition) is 1. The summed E-state index contributed by atoms with van der Waals surface area (Å²) >= 11 is 0. The molecule has 10 heavy (non-hydrogen) atoms. The first kappa shape index (κ1) is 8.02. The molecule has 1 rings (SSSR count). The molecule has 0 aromatic heterocycles. The predicted octanol–water partition coefficient (Wildman–Crippen LogP) is 0.853. The molecular formula is C8H17NO. The van der Waals surface area contributed by atoms with Crippen LogP contribution in [0.3, 0.4) is 0 Å². The van der Waals surface area contributed by atoms with Crippen LogP contribution in [0.4, 0.5) is 0 Å². The van der Waals surface area contributed by atoms with Crippen molar-refractivity contribution in [3.8, 4) is 0 Å². The zero-order valence-corrected chi connectivity index (χ0v) is 6.71. The highest BCUT2D eigenvalue weighted by Gasteiger charge is 2.09. The fourth-order valence-corrected chi connectivity index (χ4v) is 1.39. The van der Waals surface area contributed by atoms with Crippen LogP contribution in [0, 0.1) is 0 Å². The van der Waals surface area contributed by atoms with E-state index in [0.717, 1.165) is 19.4 Å². The van der Waals surface area contributed by atoms with E-state index >= 15 is 0 Å². The van der Waals surface area contributed by atoms with Gasteiger partial charge in [0.15, 0.2) is 0 Å². The Hall–Kier alpha value is -0.0800. The molecule has 1 heterocycles. The summed E-state index contributed by atoms with van der Waals surface area (Å²) in [5.41, 5.74) is 0. The first-order chi connectivity index (χ1) is 4.79. The van der Waals surface area contributed by atoms with Crippen LogP contribution in [0.1, 0.15) is 25.7 Å². The highest BCUT2D eigenvalue weighted by molar-refractivity contribution is 4.64. The van der Waals surface area contributed by atoms with E-state index < -0.39 is 0 Å². The molecular weight excluding hydrogens is 126 g/mol. The molecule has 0 aromatic carbocycles. The summed E-state index contributed by atoms with van der Waals surface area (Å²) in [6.07, 6.45) is 4.35. The van der Waals surface area contributed by atoms with Gasteiger partial charge >= 0.3 is 0 Å². The predicted molar refractivity (Wildman–Crippen MR) is 42.0 cm³/mol. The molecule has 0 bridgehead atoms. The lowest BCUT2D eigenvalue weighted by Gasteiger charge is -2.22. The normalized spacial score (nSPS) is 31.2. The van der Waals surface area contributed by atoms with Gasteiger partial charge in [0.2, 0.25) is 0 Å². The van der Waals surface area contributed by atoms with Crippen LogP contribution in [-0.4, -0.2) is 36.2 Å². The monoisotopic (exact) mass is 143 g/mol. The minimum absolute atomic E-state index is 0.0391. The third-order valence-electron chi connectivity index (χ3n) is 2.17. The Morgan fingerprint density at radius 2 is 2.00 bits per heavy atom. The van der Waals surface area contributed by atoms with E-state index in [2.05, 4.69) is 11.9 Å². The molecule has 0 aliphatic carbocycles. The van der Waals surface area contributed by atoms with Gasteiger partial charge in [0.05, 0.1) is 6.10 Å². The van der Waals surface area contributed by atoms with Gasteiger partial charge in [-0.1, -0.05) is 0 Å². The molecule has 1 saturated heterocycles. The topological polar surface area (TPSA) is 23.5 Å². The minimum Gasteiger partial charge on any atom is -0.393 e. The maximum absolute atomic E-state index is 9.31. The molecule has 0 amide bonds. The van der Waals surface area contributed by atoms with E-state index in [0.29, 0.717) is 0 Å². The largest absolute Gasteiger partial charge is 0.393 e. The van der Waals surface area contributed by atoms with Crippen molar-refractivity contribution in [1.82, 2.24) is 4.90 Å². The van der Waals surface area contributed by atoms with Crippen LogP contribution < -0.4 is 0 Å². The van der Waals surface area contributed by atoms with Gasteiger partial charge in [-0.3, -0.25) is 0 Å². The van der Waals surface area contributed by atoms with Crippen molar-refractivity contribution in [3.63, 3.8) is 0 Å². The molecule has 0 aromatic rings. The number of rotatable bonds is 0. The van der Waals surface area contributed by atoms with Crippen LogP contribution in [0.2, 0.25) is 0 Å². The SMILES string of the molecule is CN1CCCCC(O)CC1. The molecule has 1 unspecified atom stereocenters. The third kappa shape index (κ3) is 2.67. The van der Waals surface area contributed by atoms with Gasteiger partial charge < -0.3 is 10.0 Å². The lowest BCUT2D eigenvalue weighted by atomic mass is 10.1. The van der Waals surface area contributed by atoms with Crippen LogP contribution in [0.15, 0.2) is 0 Å². The van der Waals surface area contributed by atoms with Crippen molar-refractivity contribution >= 4 is 0 Å². The molecule has 1 atom stereocenters.